The van der Waals surface area contributed by atoms with Crippen LogP contribution in [0.15, 0.2) is 12.2 Å². The van der Waals surface area contributed by atoms with Gasteiger partial charge in [0.1, 0.15) is 0 Å². The van der Waals surface area contributed by atoms with E-state index in [2.05, 4.69) is 26.0 Å². The van der Waals surface area contributed by atoms with E-state index >= 15 is 0 Å². The molecular formula is C9H16O. The minimum Gasteiger partial charge on any atom is -0.381 e. The lowest BCUT2D eigenvalue weighted by Crippen LogP contribution is -2.11. The second-order valence-corrected chi connectivity index (χ2v) is 3.20. The smallest absolute Gasteiger partial charge is 0.0531 e. The third-order valence-electron chi connectivity index (χ3n) is 1.98. The van der Waals surface area contributed by atoms with Crippen molar-refractivity contribution in [1.29, 1.82) is 0 Å². The Kier molecular flexibility index (Phi) is 2.94. The van der Waals surface area contributed by atoms with Gasteiger partial charge in [-0.1, -0.05) is 26.0 Å². The third kappa shape index (κ3) is 2.14. The van der Waals surface area contributed by atoms with Gasteiger partial charge in [0.15, 0.2) is 0 Å². The number of hydrogen-bond donors (Lipinski definition) is 0. The molecule has 0 fully saturated rings. The molecule has 1 heteroatoms. The molecule has 1 rings (SSSR count). The summed E-state index contributed by atoms with van der Waals surface area (Å²) in [6, 6.07) is 0. The second kappa shape index (κ2) is 3.77. The normalized spacial score (nSPS) is 26.9. The van der Waals surface area contributed by atoms with E-state index in [-0.39, 0.29) is 0 Å². The number of ether oxygens (including phenoxy) is 1. The molecule has 0 saturated heterocycles. The lowest BCUT2D eigenvalue weighted by Gasteiger charge is -2.14. The zero-order valence-electron chi connectivity index (χ0n) is 6.84. The van der Waals surface area contributed by atoms with E-state index in [0.29, 0.717) is 11.8 Å². The van der Waals surface area contributed by atoms with Gasteiger partial charge >= 0.3 is 0 Å². The minimum atomic E-state index is 0.641. The fourth-order valence-electron chi connectivity index (χ4n) is 1.11. The van der Waals surface area contributed by atoms with Crippen molar-refractivity contribution in [3.05, 3.63) is 12.2 Å². The first-order valence-electron chi connectivity index (χ1n) is 4.05. The maximum atomic E-state index is 5.41. The average molecular weight is 140 g/mol. The van der Waals surface area contributed by atoms with E-state index in [4.69, 9.17) is 4.74 Å². The summed E-state index contributed by atoms with van der Waals surface area (Å²) < 4.78 is 5.41. The van der Waals surface area contributed by atoms with Crippen LogP contribution in [0.2, 0.25) is 0 Å². The second-order valence-electron chi connectivity index (χ2n) is 3.20. The standard InChI is InChI=1S/C9H16O/c1-8(2)9-5-3-4-6-10-7-9/h3,5,8-9H,4,6-7H2,1-2H3. The first-order chi connectivity index (χ1) is 4.80. The predicted octanol–water partition coefficient (Wildman–Crippen LogP) is 2.24. The Morgan fingerprint density at radius 3 is 3.00 bits per heavy atom. The maximum absolute atomic E-state index is 5.41. The maximum Gasteiger partial charge on any atom is 0.0531 e. The molecule has 10 heavy (non-hydrogen) atoms. The summed E-state index contributed by atoms with van der Waals surface area (Å²) in [5.74, 6) is 1.36. The number of rotatable bonds is 1. The van der Waals surface area contributed by atoms with E-state index in [1.54, 1.807) is 0 Å². The molecule has 0 N–H and O–H groups in total. The van der Waals surface area contributed by atoms with Crippen LogP contribution in [0, 0.1) is 11.8 Å². The molecule has 0 radical (unpaired) electrons. The molecule has 1 aliphatic heterocycles. The fraction of sp³-hybridized carbons (Fsp3) is 0.778. The van der Waals surface area contributed by atoms with Gasteiger partial charge in [-0.2, -0.15) is 0 Å². The molecule has 0 aromatic heterocycles. The largest absolute Gasteiger partial charge is 0.381 e. The molecule has 1 unspecified atom stereocenters. The van der Waals surface area contributed by atoms with Crippen molar-refractivity contribution in [2.75, 3.05) is 13.2 Å². The summed E-state index contributed by atoms with van der Waals surface area (Å²) >= 11 is 0. The average Bonchev–Trinajstić information content (AvgIpc) is 2.12. The summed E-state index contributed by atoms with van der Waals surface area (Å²) in [7, 11) is 0. The van der Waals surface area contributed by atoms with Crippen molar-refractivity contribution >= 4 is 0 Å². The minimum absolute atomic E-state index is 0.641. The summed E-state index contributed by atoms with van der Waals surface area (Å²) in [5, 5.41) is 0. The highest BCUT2D eigenvalue weighted by Crippen LogP contribution is 2.15. The molecule has 1 atom stereocenters. The van der Waals surface area contributed by atoms with E-state index in [1.165, 1.54) is 0 Å². The molecule has 0 aromatic rings. The van der Waals surface area contributed by atoms with E-state index < -0.39 is 0 Å². The van der Waals surface area contributed by atoms with Crippen molar-refractivity contribution in [3.63, 3.8) is 0 Å². The van der Waals surface area contributed by atoms with Gasteiger partial charge in [-0.15, -0.1) is 0 Å². The highest BCUT2D eigenvalue weighted by Gasteiger charge is 2.10. The summed E-state index contributed by atoms with van der Waals surface area (Å²) in [6.07, 6.45) is 5.61. The molecule has 0 spiro atoms. The Balaban J connectivity index is 2.41. The van der Waals surface area contributed by atoms with Gasteiger partial charge in [0.2, 0.25) is 0 Å². The molecule has 0 saturated carbocycles. The lowest BCUT2D eigenvalue weighted by molar-refractivity contribution is 0.109. The Morgan fingerprint density at radius 1 is 1.50 bits per heavy atom. The van der Waals surface area contributed by atoms with Crippen LogP contribution in [-0.2, 0) is 4.74 Å². The topological polar surface area (TPSA) is 9.23 Å². The van der Waals surface area contributed by atoms with Crippen LogP contribution in [0.1, 0.15) is 20.3 Å². The van der Waals surface area contributed by atoms with Gasteiger partial charge in [0.05, 0.1) is 13.2 Å². The zero-order chi connectivity index (χ0) is 7.40. The van der Waals surface area contributed by atoms with Gasteiger partial charge in [-0.3, -0.25) is 0 Å². The Bertz CT molecular complexity index is 116. The van der Waals surface area contributed by atoms with Crippen molar-refractivity contribution in [3.8, 4) is 0 Å². The van der Waals surface area contributed by atoms with Crippen LogP contribution in [0.3, 0.4) is 0 Å². The van der Waals surface area contributed by atoms with Crippen LogP contribution in [0.25, 0.3) is 0 Å². The summed E-state index contributed by atoms with van der Waals surface area (Å²) in [6.45, 7) is 6.29. The van der Waals surface area contributed by atoms with Gasteiger partial charge in [-0.25, -0.2) is 0 Å². The van der Waals surface area contributed by atoms with Crippen LogP contribution in [0.4, 0.5) is 0 Å². The van der Waals surface area contributed by atoms with Crippen molar-refractivity contribution in [2.24, 2.45) is 11.8 Å². The molecular weight excluding hydrogens is 124 g/mol. The Morgan fingerprint density at radius 2 is 2.30 bits per heavy atom. The Labute approximate surface area is 63.1 Å². The summed E-state index contributed by atoms with van der Waals surface area (Å²) in [5.41, 5.74) is 0. The molecule has 0 bridgehead atoms. The first kappa shape index (κ1) is 7.80. The molecule has 1 nitrogen and oxygen atoms in total. The first-order valence-corrected chi connectivity index (χ1v) is 4.05. The number of hydrogen-bond acceptors (Lipinski definition) is 1. The van der Waals surface area contributed by atoms with Crippen LogP contribution in [0.5, 0.6) is 0 Å². The zero-order valence-corrected chi connectivity index (χ0v) is 6.84. The van der Waals surface area contributed by atoms with Gasteiger partial charge in [0.25, 0.3) is 0 Å². The molecule has 0 aliphatic carbocycles. The van der Waals surface area contributed by atoms with Crippen LogP contribution in [-0.4, -0.2) is 13.2 Å². The highest BCUT2D eigenvalue weighted by molar-refractivity contribution is 4.91. The van der Waals surface area contributed by atoms with Crippen molar-refractivity contribution in [1.82, 2.24) is 0 Å². The highest BCUT2D eigenvalue weighted by atomic mass is 16.5. The monoisotopic (exact) mass is 140 g/mol. The van der Waals surface area contributed by atoms with Crippen LogP contribution < -0.4 is 0 Å². The van der Waals surface area contributed by atoms with E-state index in [0.717, 1.165) is 19.6 Å². The van der Waals surface area contributed by atoms with Gasteiger partial charge in [-0.05, 0) is 12.3 Å². The van der Waals surface area contributed by atoms with Crippen molar-refractivity contribution in [2.45, 2.75) is 20.3 Å². The third-order valence-corrected chi connectivity index (χ3v) is 1.98. The van der Waals surface area contributed by atoms with Crippen molar-refractivity contribution < 1.29 is 4.74 Å². The molecule has 1 aliphatic rings. The van der Waals surface area contributed by atoms with E-state index in [1.807, 2.05) is 0 Å². The van der Waals surface area contributed by atoms with Gasteiger partial charge < -0.3 is 4.74 Å². The molecule has 1 heterocycles. The summed E-state index contributed by atoms with van der Waals surface area (Å²) in [4.78, 5) is 0. The quantitative estimate of drug-likeness (QED) is 0.507. The van der Waals surface area contributed by atoms with E-state index in [9.17, 15) is 0 Å². The molecule has 0 amide bonds. The van der Waals surface area contributed by atoms with Gasteiger partial charge in [0, 0.05) is 5.92 Å². The SMILES string of the molecule is CC(C)C1C=CCCOC1. The van der Waals surface area contributed by atoms with Crippen LogP contribution >= 0.6 is 0 Å². The molecule has 58 valence electrons. The predicted molar refractivity (Wildman–Crippen MR) is 42.9 cm³/mol. The molecule has 0 aromatic carbocycles. The fourth-order valence-corrected chi connectivity index (χ4v) is 1.11. The Hall–Kier alpha value is -0.300. The lowest BCUT2D eigenvalue weighted by atomic mass is 9.97.